The lowest BCUT2D eigenvalue weighted by Gasteiger charge is -2.32. The highest BCUT2D eigenvalue weighted by atomic mass is 35.5. The summed E-state index contributed by atoms with van der Waals surface area (Å²) < 4.78 is 10.6. The number of amides is 1. The van der Waals surface area contributed by atoms with E-state index in [9.17, 15) is 4.79 Å². The maximum absolute atomic E-state index is 12.5. The zero-order valence-electron chi connectivity index (χ0n) is 15.2. The lowest BCUT2D eigenvalue weighted by atomic mass is 9.89. The molecule has 2 aromatic rings. The van der Waals surface area contributed by atoms with Gasteiger partial charge in [-0.25, -0.2) is 0 Å². The zero-order valence-corrected chi connectivity index (χ0v) is 16.0. The standard InChI is InChI=1S/C21H24ClNO3/c1-25-19-8-3-15(13-20(19)26-2)9-11-23-12-10-17(14-21(23)24)16-4-6-18(22)7-5-16/h3-8,13,17H,9-12,14H2,1-2H3. The number of benzene rings is 2. The number of halogens is 1. The number of rotatable bonds is 6. The van der Waals surface area contributed by atoms with Gasteiger partial charge in [-0.2, -0.15) is 0 Å². The minimum absolute atomic E-state index is 0.219. The van der Waals surface area contributed by atoms with Gasteiger partial charge >= 0.3 is 0 Å². The molecular formula is C21H24ClNO3. The number of carbonyl (C=O) groups is 1. The predicted molar refractivity (Wildman–Crippen MR) is 103 cm³/mol. The van der Waals surface area contributed by atoms with Crippen molar-refractivity contribution in [3.05, 3.63) is 58.6 Å². The first-order valence-corrected chi connectivity index (χ1v) is 9.22. The van der Waals surface area contributed by atoms with Gasteiger partial charge in [-0.15, -0.1) is 0 Å². The van der Waals surface area contributed by atoms with Crippen LogP contribution in [0, 0.1) is 0 Å². The molecule has 0 bridgehead atoms. The minimum Gasteiger partial charge on any atom is -0.493 e. The molecule has 26 heavy (non-hydrogen) atoms. The summed E-state index contributed by atoms with van der Waals surface area (Å²) in [5.74, 6) is 1.95. The largest absolute Gasteiger partial charge is 0.493 e. The van der Waals surface area contributed by atoms with Crippen LogP contribution in [-0.4, -0.2) is 38.1 Å². The van der Waals surface area contributed by atoms with Crippen LogP contribution in [0.15, 0.2) is 42.5 Å². The van der Waals surface area contributed by atoms with E-state index in [1.165, 1.54) is 5.56 Å². The number of ether oxygens (including phenoxy) is 2. The van der Waals surface area contributed by atoms with E-state index in [0.717, 1.165) is 48.0 Å². The molecule has 4 nitrogen and oxygen atoms in total. The molecule has 138 valence electrons. The van der Waals surface area contributed by atoms with Crippen molar-refractivity contribution in [2.75, 3.05) is 27.3 Å². The second-order valence-electron chi connectivity index (χ2n) is 6.56. The van der Waals surface area contributed by atoms with Crippen molar-refractivity contribution < 1.29 is 14.3 Å². The molecule has 0 spiro atoms. The van der Waals surface area contributed by atoms with Crippen molar-refractivity contribution in [3.63, 3.8) is 0 Å². The first-order chi connectivity index (χ1) is 12.6. The van der Waals surface area contributed by atoms with Gasteiger partial charge in [-0.3, -0.25) is 4.79 Å². The topological polar surface area (TPSA) is 38.8 Å². The molecule has 0 aromatic heterocycles. The third-order valence-corrected chi connectivity index (χ3v) is 5.23. The first-order valence-electron chi connectivity index (χ1n) is 8.85. The molecule has 1 aliphatic rings. The van der Waals surface area contributed by atoms with Gasteiger partial charge in [0.15, 0.2) is 11.5 Å². The summed E-state index contributed by atoms with van der Waals surface area (Å²) >= 11 is 5.95. The first kappa shape index (κ1) is 18.6. The highest BCUT2D eigenvalue weighted by Crippen LogP contribution is 2.30. The van der Waals surface area contributed by atoms with Crippen LogP contribution >= 0.6 is 11.6 Å². The van der Waals surface area contributed by atoms with E-state index in [-0.39, 0.29) is 11.8 Å². The fourth-order valence-corrected chi connectivity index (χ4v) is 3.56. The Kier molecular flexibility index (Phi) is 6.04. The van der Waals surface area contributed by atoms with E-state index >= 15 is 0 Å². The van der Waals surface area contributed by atoms with E-state index in [0.29, 0.717) is 6.42 Å². The number of hydrogen-bond donors (Lipinski definition) is 0. The normalized spacial score (nSPS) is 17.3. The fraction of sp³-hybridized carbons (Fsp3) is 0.381. The third-order valence-electron chi connectivity index (χ3n) is 4.98. The van der Waals surface area contributed by atoms with E-state index in [1.807, 2.05) is 47.4 Å². The second kappa shape index (κ2) is 8.45. The summed E-state index contributed by atoms with van der Waals surface area (Å²) in [5, 5.41) is 0.729. The molecule has 1 amide bonds. The number of piperidine rings is 1. The Balaban J connectivity index is 1.57. The predicted octanol–water partition coefficient (Wildman–Crippen LogP) is 4.31. The molecule has 1 fully saturated rings. The van der Waals surface area contributed by atoms with Crippen LogP contribution in [0.4, 0.5) is 0 Å². The van der Waals surface area contributed by atoms with Gasteiger partial charge < -0.3 is 14.4 Å². The Morgan fingerprint density at radius 3 is 2.46 bits per heavy atom. The van der Waals surface area contributed by atoms with Gasteiger partial charge in [-0.05, 0) is 54.2 Å². The number of hydrogen-bond acceptors (Lipinski definition) is 3. The number of methoxy groups -OCH3 is 2. The Labute approximate surface area is 159 Å². The summed E-state index contributed by atoms with van der Waals surface area (Å²) in [5.41, 5.74) is 2.33. The molecule has 0 radical (unpaired) electrons. The molecule has 1 saturated heterocycles. The summed E-state index contributed by atoms with van der Waals surface area (Å²) in [6, 6.07) is 13.7. The van der Waals surface area contributed by atoms with Crippen LogP contribution in [0.2, 0.25) is 5.02 Å². The van der Waals surface area contributed by atoms with Gasteiger partial charge in [0.1, 0.15) is 0 Å². The molecule has 1 unspecified atom stereocenters. The highest BCUT2D eigenvalue weighted by molar-refractivity contribution is 6.30. The minimum atomic E-state index is 0.219. The van der Waals surface area contributed by atoms with Crippen LogP contribution in [0.25, 0.3) is 0 Å². The van der Waals surface area contributed by atoms with Crippen molar-refractivity contribution in [2.24, 2.45) is 0 Å². The van der Waals surface area contributed by atoms with Crippen LogP contribution in [0.5, 0.6) is 11.5 Å². The molecule has 1 aliphatic heterocycles. The SMILES string of the molecule is COc1ccc(CCN2CCC(c3ccc(Cl)cc3)CC2=O)cc1OC. The second-order valence-corrected chi connectivity index (χ2v) is 7.00. The lowest BCUT2D eigenvalue weighted by molar-refractivity contribution is -0.133. The molecule has 0 aliphatic carbocycles. The van der Waals surface area contributed by atoms with E-state index < -0.39 is 0 Å². The Morgan fingerprint density at radius 1 is 1.08 bits per heavy atom. The Morgan fingerprint density at radius 2 is 1.81 bits per heavy atom. The van der Waals surface area contributed by atoms with Crippen molar-refractivity contribution in [1.82, 2.24) is 4.90 Å². The maximum atomic E-state index is 12.5. The van der Waals surface area contributed by atoms with Gasteiger partial charge in [0.25, 0.3) is 0 Å². The van der Waals surface area contributed by atoms with Gasteiger partial charge in [-0.1, -0.05) is 29.8 Å². The number of likely N-dealkylation sites (tertiary alicyclic amines) is 1. The summed E-state index contributed by atoms with van der Waals surface area (Å²) in [6.45, 7) is 1.51. The zero-order chi connectivity index (χ0) is 18.5. The van der Waals surface area contributed by atoms with E-state index in [1.54, 1.807) is 14.2 Å². The molecule has 2 aromatic carbocycles. The van der Waals surface area contributed by atoms with Crippen LogP contribution in [0.3, 0.4) is 0 Å². The van der Waals surface area contributed by atoms with E-state index in [2.05, 4.69) is 0 Å². The monoisotopic (exact) mass is 373 g/mol. The van der Waals surface area contributed by atoms with Crippen molar-refractivity contribution in [1.29, 1.82) is 0 Å². The van der Waals surface area contributed by atoms with E-state index in [4.69, 9.17) is 21.1 Å². The van der Waals surface area contributed by atoms with Crippen LogP contribution in [-0.2, 0) is 11.2 Å². The highest BCUT2D eigenvalue weighted by Gasteiger charge is 2.26. The molecular weight excluding hydrogens is 350 g/mol. The molecule has 0 N–H and O–H groups in total. The average Bonchev–Trinajstić information content (AvgIpc) is 2.67. The molecule has 1 atom stereocenters. The Bertz CT molecular complexity index is 760. The van der Waals surface area contributed by atoms with Crippen molar-refractivity contribution in [2.45, 2.75) is 25.2 Å². The lowest BCUT2D eigenvalue weighted by Crippen LogP contribution is -2.39. The average molecular weight is 374 g/mol. The number of nitrogens with zero attached hydrogens (tertiary/aromatic N) is 1. The van der Waals surface area contributed by atoms with Gasteiger partial charge in [0.2, 0.25) is 5.91 Å². The smallest absolute Gasteiger partial charge is 0.223 e. The van der Waals surface area contributed by atoms with Gasteiger partial charge in [0.05, 0.1) is 14.2 Å². The van der Waals surface area contributed by atoms with Crippen molar-refractivity contribution >= 4 is 17.5 Å². The molecule has 1 heterocycles. The number of carbonyl (C=O) groups excluding carboxylic acids is 1. The summed E-state index contributed by atoms with van der Waals surface area (Å²) in [7, 11) is 3.26. The van der Waals surface area contributed by atoms with Crippen LogP contribution in [0.1, 0.15) is 29.9 Å². The van der Waals surface area contributed by atoms with Crippen LogP contribution < -0.4 is 9.47 Å². The summed E-state index contributed by atoms with van der Waals surface area (Å²) in [4.78, 5) is 14.5. The molecule has 5 heteroatoms. The van der Waals surface area contributed by atoms with Gasteiger partial charge in [0, 0.05) is 24.5 Å². The fourth-order valence-electron chi connectivity index (χ4n) is 3.43. The third kappa shape index (κ3) is 4.31. The Hall–Kier alpha value is -2.20. The quantitative estimate of drug-likeness (QED) is 0.757. The molecule has 0 saturated carbocycles. The summed E-state index contributed by atoms with van der Waals surface area (Å²) in [6.07, 6.45) is 2.35. The maximum Gasteiger partial charge on any atom is 0.223 e. The van der Waals surface area contributed by atoms with Crippen molar-refractivity contribution in [3.8, 4) is 11.5 Å². The molecule has 3 rings (SSSR count).